The minimum absolute atomic E-state index is 0.0189. The van der Waals surface area contributed by atoms with Gasteiger partial charge >= 0.3 is 0 Å². The van der Waals surface area contributed by atoms with Gasteiger partial charge in [0.05, 0.1) is 12.6 Å². The molecule has 4 heteroatoms. The third-order valence-corrected chi connectivity index (χ3v) is 3.48. The van der Waals surface area contributed by atoms with E-state index in [1.165, 1.54) is 5.56 Å². The van der Waals surface area contributed by atoms with Crippen LogP contribution in [0.2, 0.25) is 0 Å². The summed E-state index contributed by atoms with van der Waals surface area (Å²) in [5.41, 5.74) is 6.24. The van der Waals surface area contributed by atoms with E-state index in [9.17, 15) is 0 Å². The number of nitrogens with one attached hydrogen (secondary N) is 1. The van der Waals surface area contributed by atoms with Gasteiger partial charge < -0.3 is 4.74 Å². The van der Waals surface area contributed by atoms with Crippen LogP contribution in [0.1, 0.15) is 36.7 Å². The van der Waals surface area contributed by atoms with Crippen molar-refractivity contribution in [2.24, 2.45) is 5.84 Å². The zero-order chi connectivity index (χ0) is 15.1. The molecule has 0 bridgehead atoms. The molecule has 1 unspecified atom stereocenters. The van der Waals surface area contributed by atoms with Crippen LogP contribution in [0.15, 0.2) is 42.6 Å². The fraction of sp³-hybridized carbons (Fsp3) is 0.353. The van der Waals surface area contributed by atoms with Crippen LogP contribution in [-0.2, 0) is 12.8 Å². The zero-order valence-electron chi connectivity index (χ0n) is 12.7. The third kappa shape index (κ3) is 4.28. The first kappa shape index (κ1) is 15.5. The number of ether oxygens (including phenoxy) is 1. The van der Waals surface area contributed by atoms with Gasteiger partial charge in [0.1, 0.15) is 5.75 Å². The summed E-state index contributed by atoms with van der Waals surface area (Å²) in [4.78, 5) is 4.49. The minimum Gasteiger partial charge on any atom is -0.494 e. The van der Waals surface area contributed by atoms with Crippen LogP contribution >= 0.6 is 0 Å². The Balaban J connectivity index is 2.12. The summed E-state index contributed by atoms with van der Waals surface area (Å²) >= 11 is 0. The topological polar surface area (TPSA) is 60.2 Å². The molecule has 0 fully saturated rings. The molecule has 1 aromatic heterocycles. The number of nitrogens with two attached hydrogens (primary N) is 1. The lowest BCUT2D eigenvalue weighted by Gasteiger charge is -2.17. The van der Waals surface area contributed by atoms with E-state index in [2.05, 4.69) is 29.5 Å². The van der Waals surface area contributed by atoms with Crippen molar-refractivity contribution in [2.45, 2.75) is 32.7 Å². The third-order valence-electron chi connectivity index (χ3n) is 3.48. The number of nitrogens with zero attached hydrogens (tertiary/aromatic N) is 1. The lowest BCUT2D eigenvalue weighted by molar-refractivity contribution is 0.339. The van der Waals surface area contributed by atoms with Gasteiger partial charge in [-0.3, -0.25) is 16.3 Å². The summed E-state index contributed by atoms with van der Waals surface area (Å²) in [5.74, 6) is 6.58. The molecule has 0 radical (unpaired) electrons. The average molecular weight is 285 g/mol. The van der Waals surface area contributed by atoms with Crippen LogP contribution in [0.25, 0.3) is 0 Å². The highest BCUT2D eigenvalue weighted by Crippen LogP contribution is 2.21. The maximum Gasteiger partial charge on any atom is 0.119 e. The van der Waals surface area contributed by atoms with Crippen molar-refractivity contribution in [1.82, 2.24) is 10.4 Å². The molecule has 0 saturated heterocycles. The molecular weight excluding hydrogens is 262 g/mol. The maximum atomic E-state index is 5.71. The van der Waals surface area contributed by atoms with E-state index < -0.39 is 0 Å². The molecule has 0 amide bonds. The second-order valence-electron chi connectivity index (χ2n) is 4.94. The van der Waals surface area contributed by atoms with Crippen LogP contribution in [0, 0.1) is 0 Å². The molecule has 0 aliphatic heterocycles. The van der Waals surface area contributed by atoms with Gasteiger partial charge in [-0.2, -0.15) is 0 Å². The summed E-state index contributed by atoms with van der Waals surface area (Å²) in [5, 5.41) is 0. The highest BCUT2D eigenvalue weighted by molar-refractivity contribution is 5.31. The molecule has 1 heterocycles. The van der Waals surface area contributed by atoms with E-state index >= 15 is 0 Å². The number of aryl methyl sites for hydroxylation is 1. The lowest BCUT2D eigenvalue weighted by Crippen LogP contribution is -2.29. The molecule has 2 aromatic rings. The Morgan fingerprint density at radius 3 is 2.71 bits per heavy atom. The molecule has 2 rings (SSSR count). The van der Waals surface area contributed by atoms with Crippen LogP contribution < -0.4 is 16.0 Å². The number of hydrogen-bond acceptors (Lipinski definition) is 4. The molecule has 0 aliphatic carbocycles. The van der Waals surface area contributed by atoms with E-state index in [0.717, 1.165) is 29.8 Å². The minimum atomic E-state index is 0.0189. The Bertz CT molecular complexity index is 554. The molecule has 1 aromatic carbocycles. The van der Waals surface area contributed by atoms with E-state index in [0.29, 0.717) is 6.61 Å². The van der Waals surface area contributed by atoms with Crippen LogP contribution in [0.3, 0.4) is 0 Å². The van der Waals surface area contributed by atoms with Crippen LogP contribution in [0.5, 0.6) is 5.75 Å². The number of benzene rings is 1. The quantitative estimate of drug-likeness (QED) is 0.606. The highest BCUT2D eigenvalue weighted by Gasteiger charge is 2.12. The summed E-state index contributed by atoms with van der Waals surface area (Å²) in [7, 11) is 0. The Kier molecular flexibility index (Phi) is 5.72. The normalized spacial score (nSPS) is 12.1. The average Bonchev–Trinajstić information content (AvgIpc) is 2.54. The van der Waals surface area contributed by atoms with Gasteiger partial charge in [-0.1, -0.05) is 25.1 Å². The van der Waals surface area contributed by atoms with Crippen LogP contribution in [-0.4, -0.2) is 11.6 Å². The van der Waals surface area contributed by atoms with Crippen LogP contribution in [0.4, 0.5) is 0 Å². The van der Waals surface area contributed by atoms with E-state index in [1.807, 2.05) is 37.4 Å². The molecule has 0 aliphatic rings. The van der Waals surface area contributed by atoms with Gasteiger partial charge in [0, 0.05) is 18.3 Å². The first-order valence-corrected chi connectivity index (χ1v) is 7.39. The van der Waals surface area contributed by atoms with Crippen molar-refractivity contribution in [3.05, 3.63) is 59.4 Å². The first-order chi connectivity index (χ1) is 10.3. The van der Waals surface area contributed by atoms with Crippen molar-refractivity contribution < 1.29 is 4.74 Å². The Morgan fingerprint density at radius 2 is 2.10 bits per heavy atom. The van der Waals surface area contributed by atoms with E-state index in [4.69, 9.17) is 10.6 Å². The van der Waals surface area contributed by atoms with Crippen molar-refractivity contribution in [3.63, 3.8) is 0 Å². The van der Waals surface area contributed by atoms with Gasteiger partial charge in [-0.15, -0.1) is 0 Å². The van der Waals surface area contributed by atoms with Crippen molar-refractivity contribution in [2.75, 3.05) is 6.61 Å². The summed E-state index contributed by atoms with van der Waals surface area (Å²) in [6.45, 7) is 4.76. The number of aromatic nitrogens is 1. The smallest absolute Gasteiger partial charge is 0.119 e. The molecular formula is C17H23N3O. The fourth-order valence-electron chi connectivity index (χ4n) is 2.25. The molecule has 3 N–H and O–H groups in total. The predicted octanol–water partition coefficient (Wildman–Crippen LogP) is 2.79. The number of pyridine rings is 1. The second-order valence-corrected chi connectivity index (χ2v) is 4.94. The molecule has 4 nitrogen and oxygen atoms in total. The number of hydrogen-bond donors (Lipinski definition) is 2. The van der Waals surface area contributed by atoms with Gasteiger partial charge in [-0.05, 0) is 42.7 Å². The number of rotatable bonds is 7. The van der Waals surface area contributed by atoms with Gasteiger partial charge in [0.15, 0.2) is 0 Å². The Morgan fingerprint density at radius 1 is 1.24 bits per heavy atom. The summed E-state index contributed by atoms with van der Waals surface area (Å²) in [6.07, 6.45) is 3.68. The van der Waals surface area contributed by atoms with Crippen molar-refractivity contribution in [3.8, 4) is 5.75 Å². The molecule has 1 atom stereocenters. The Labute approximate surface area is 126 Å². The summed E-state index contributed by atoms with van der Waals surface area (Å²) in [6, 6.07) is 12.2. The zero-order valence-corrected chi connectivity index (χ0v) is 12.7. The SMILES string of the molecule is CCOc1cccc(C(Cc2ccc(CC)cn2)NN)c1. The van der Waals surface area contributed by atoms with E-state index in [1.54, 1.807) is 0 Å². The maximum absolute atomic E-state index is 5.71. The van der Waals surface area contributed by atoms with Crippen molar-refractivity contribution >= 4 is 0 Å². The second kappa shape index (κ2) is 7.76. The molecule has 112 valence electrons. The predicted molar refractivity (Wildman–Crippen MR) is 85.0 cm³/mol. The highest BCUT2D eigenvalue weighted by atomic mass is 16.5. The standard InChI is InChI=1S/C17H23N3O/c1-3-13-8-9-15(19-12-13)11-17(20-18)14-6-5-7-16(10-14)21-4-2/h5-10,12,17,20H,3-4,11,18H2,1-2H3. The Hall–Kier alpha value is -1.91. The molecule has 0 spiro atoms. The fourth-order valence-corrected chi connectivity index (χ4v) is 2.25. The van der Waals surface area contributed by atoms with Crippen molar-refractivity contribution in [1.29, 1.82) is 0 Å². The lowest BCUT2D eigenvalue weighted by atomic mass is 10.0. The molecule has 0 saturated carbocycles. The van der Waals surface area contributed by atoms with Gasteiger partial charge in [0.25, 0.3) is 0 Å². The van der Waals surface area contributed by atoms with E-state index in [-0.39, 0.29) is 6.04 Å². The first-order valence-electron chi connectivity index (χ1n) is 7.39. The molecule has 21 heavy (non-hydrogen) atoms. The monoisotopic (exact) mass is 285 g/mol. The van der Waals surface area contributed by atoms with Gasteiger partial charge in [-0.25, -0.2) is 0 Å². The number of hydrazine groups is 1. The largest absolute Gasteiger partial charge is 0.494 e. The summed E-state index contributed by atoms with van der Waals surface area (Å²) < 4.78 is 5.54. The van der Waals surface area contributed by atoms with Gasteiger partial charge in [0.2, 0.25) is 0 Å².